The van der Waals surface area contributed by atoms with E-state index in [9.17, 15) is 14.4 Å². The molecule has 2 aromatic carbocycles. The van der Waals surface area contributed by atoms with Crippen molar-refractivity contribution in [2.75, 3.05) is 18.0 Å². The third-order valence-corrected chi connectivity index (χ3v) is 7.26. The SMILES string of the molecule is O=C(c1ccccc1S[C@H]1CC(=O)N(c2ccc(Br)cc2)C1=O)N1CCCCCC1. The molecule has 7 heteroatoms. The van der Waals surface area contributed by atoms with Crippen LogP contribution in [0, 0.1) is 0 Å². The van der Waals surface area contributed by atoms with Gasteiger partial charge in [0, 0.05) is 28.9 Å². The molecule has 1 atom stereocenters. The Morgan fingerprint density at radius 1 is 0.933 bits per heavy atom. The molecular weight excluding hydrogens is 464 g/mol. The maximum absolute atomic E-state index is 13.2. The minimum atomic E-state index is -0.528. The molecule has 2 aromatic rings. The molecular formula is C23H23BrN2O3S. The predicted molar refractivity (Wildman–Crippen MR) is 122 cm³/mol. The molecule has 0 unspecified atom stereocenters. The molecule has 0 saturated carbocycles. The Bertz CT molecular complexity index is 955. The molecule has 0 spiro atoms. The van der Waals surface area contributed by atoms with Gasteiger partial charge in [-0.25, -0.2) is 4.90 Å². The molecule has 0 bridgehead atoms. The number of hydrogen-bond donors (Lipinski definition) is 0. The zero-order chi connectivity index (χ0) is 21.1. The fourth-order valence-corrected chi connectivity index (χ4v) is 5.34. The lowest BCUT2D eigenvalue weighted by molar-refractivity contribution is -0.121. The van der Waals surface area contributed by atoms with E-state index in [1.165, 1.54) is 16.7 Å². The van der Waals surface area contributed by atoms with Crippen LogP contribution in [-0.2, 0) is 9.59 Å². The number of anilines is 1. The predicted octanol–water partition coefficient (Wildman–Crippen LogP) is 4.89. The van der Waals surface area contributed by atoms with Crippen molar-refractivity contribution in [1.82, 2.24) is 4.90 Å². The minimum Gasteiger partial charge on any atom is -0.339 e. The quantitative estimate of drug-likeness (QED) is 0.577. The number of hydrogen-bond acceptors (Lipinski definition) is 4. The van der Waals surface area contributed by atoms with Crippen molar-refractivity contribution in [3.05, 3.63) is 58.6 Å². The second-order valence-corrected chi connectivity index (χ2v) is 9.72. The van der Waals surface area contributed by atoms with Gasteiger partial charge in [-0.2, -0.15) is 0 Å². The third kappa shape index (κ3) is 4.47. The molecule has 2 aliphatic heterocycles. The fraction of sp³-hybridized carbons (Fsp3) is 0.348. The highest BCUT2D eigenvalue weighted by Crippen LogP contribution is 2.36. The van der Waals surface area contributed by atoms with E-state index in [0.29, 0.717) is 11.3 Å². The van der Waals surface area contributed by atoms with Crippen LogP contribution in [0.15, 0.2) is 57.9 Å². The zero-order valence-electron chi connectivity index (χ0n) is 16.6. The second kappa shape index (κ2) is 9.35. The molecule has 4 rings (SSSR count). The van der Waals surface area contributed by atoms with Crippen LogP contribution in [0.25, 0.3) is 0 Å². The van der Waals surface area contributed by atoms with Gasteiger partial charge in [-0.3, -0.25) is 14.4 Å². The van der Waals surface area contributed by atoms with Crippen molar-refractivity contribution in [2.45, 2.75) is 42.2 Å². The number of thioether (sulfide) groups is 1. The molecule has 2 aliphatic rings. The maximum atomic E-state index is 13.2. The van der Waals surface area contributed by atoms with E-state index in [4.69, 9.17) is 0 Å². The summed E-state index contributed by atoms with van der Waals surface area (Å²) in [7, 11) is 0. The average Bonchev–Trinajstić information content (AvgIpc) is 2.93. The summed E-state index contributed by atoms with van der Waals surface area (Å²) in [5.74, 6) is -0.429. The van der Waals surface area contributed by atoms with Gasteiger partial charge in [0.1, 0.15) is 0 Å². The van der Waals surface area contributed by atoms with Crippen LogP contribution in [0.1, 0.15) is 42.5 Å². The number of rotatable bonds is 4. The highest BCUT2D eigenvalue weighted by Gasteiger charge is 2.40. The van der Waals surface area contributed by atoms with Gasteiger partial charge in [0.25, 0.3) is 5.91 Å². The number of halogens is 1. The van der Waals surface area contributed by atoms with Gasteiger partial charge < -0.3 is 4.90 Å². The van der Waals surface area contributed by atoms with Gasteiger partial charge in [0.15, 0.2) is 0 Å². The third-order valence-electron chi connectivity index (χ3n) is 5.47. The first-order valence-corrected chi connectivity index (χ1v) is 11.9. The van der Waals surface area contributed by atoms with Crippen LogP contribution in [0.3, 0.4) is 0 Å². The van der Waals surface area contributed by atoms with Crippen molar-refractivity contribution in [3.63, 3.8) is 0 Å². The smallest absolute Gasteiger partial charge is 0.254 e. The first-order valence-electron chi connectivity index (χ1n) is 10.2. The molecule has 0 aliphatic carbocycles. The van der Waals surface area contributed by atoms with Crippen LogP contribution < -0.4 is 4.90 Å². The first-order chi connectivity index (χ1) is 14.5. The van der Waals surface area contributed by atoms with Crippen molar-refractivity contribution < 1.29 is 14.4 Å². The van der Waals surface area contributed by atoms with E-state index in [1.807, 2.05) is 41.3 Å². The highest BCUT2D eigenvalue weighted by molar-refractivity contribution is 9.10. The Kier molecular flexibility index (Phi) is 6.58. The normalized spacial score (nSPS) is 19.8. The molecule has 2 saturated heterocycles. The van der Waals surface area contributed by atoms with Crippen LogP contribution in [0.4, 0.5) is 5.69 Å². The second-order valence-electron chi connectivity index (χ2n) is 7.56. The first kappa shape index (κ1) is 21.1. The van der Waals surface area contributed by atoms with Crippen molar-refractivity contribution in [1.29, 1.82) is 0 Å². The lowest BCUT2D eigenvalue weighted by Gasteiger charge is -2.22. The van der Waals surface area contributed by atoms with E-state index in [2.05, 4.69) is 15.9 Å². The van der Waals surface area contributed by atoms with Gasteiger partial charge in [0.2, 0.25) is 11.8 Å². The maximum Gasteiger partial charge on any atom is 0.254 e. The van der Waals surface area contributed by atoms with Crippen LogP contribution in [0.5, 0.6) is 0 Å². The molecule has 0 N–H and O–H groups in total. The molecule has 30 heavy (non-hydrogen) atoms. The number of nitrogens with zero attached hydrogens (tertiary/aromatic N) is 2. The van der Waals surface area contributed by atoms with E-state index < -0.39 is 5.25 Å². The van der Waals surface area contributed by atoms with E-state index in [1.54, 1.807) is 12.1 Å². The summed E-state index contributed by atoms with van der Waals surface area (Å²) in [5.41, 5.74) is 1.19. The van der Waals surface area contributed by atoms with Gasteiger partial charge >= 0.3 is 0 Å². The standard InChI is InChI=1S/C23H23BrN2O3S/c24-16-9-11-17(12-10-16)26-21(27)15-20(23(26)29)30-19-8-4-3-7-18(19)22(28)25-13-5-1-2-6-14-25/h3-4,7-12,20H,1-2,5-6,13-15H2/t20-/m0/s1. The molecule has 2 fully saturated rings. The average molecular weight is 487 g/mol. The number of amides is 3. The molecule has 2 heterocycles. The van der Waals surface area contributed by atoms with Crippen molar-refractivity contribution in [3.8, 4) is 0 Å². The Balaban J connectivity index is 1.53. The van der Waals surface area contributed by atoms with Crippen LogP contribution in [0.2, 0.25) is 0 Å². The molecule has 156 valence electrons. The van der Waals surface area contributed by atoms with Gasteiger partial charge in [-0.05, 0) is 49.2 Å². The van der Waals surface area contributed by atoms with Crippen LogP contribution in [-0.4, -0.2) is 41.0 Å². The Morgan fingerprint density at radius 3 is 2.30 bits per heavy atom. The van der Waals surface area contributed by atoms with Crippen molar-refractivity contribution in [2.24, 2.45) is 0 Å². The van der Waals surface area contributed by atoms with Crippen molar-refractivity contribution >= 4 is 51.1 Å². The van der Waals surface area contributed by atoms with E-state index in [0.717, 1.165) is 48.1 Å². The topological polar surface area (TPSA) is 57.7 Å². The monoisotopic (exact) mass is 486 g/mol. The number of carbonyl (C=O) groups is 3. The summed E-state index contributed by atoms with van der Waals surface area (Å²) in [5, 5.41) is -0.528. The zero-order valence-corrected chi connectivity index (χ0v) is 19.0. The molecule has 0 radical (unpaired) electrons. The van der Waals surface area contributed by atoms with Crippen LogP contribution >= 0.6 is 27.7 Å². The summed E-state index contributed by atoms with van der Waals surface area (Å²) >= 11 is 4.69. The number of imide groups is 1. The Labute approximate surface area is 188 Å². The number of benzene rings is 2. The molecule has 5 nitrogen and oxygen atoms in total. The molecule has 0 aromatic heterocycles. The summed E-state index contributed by atoms with van der Waals surface area (Å²) in [6.45, 7) is 1.55. The van der Waals surface area contributed by atoms with Gasteiger partial charge in [0.05, 0.1) is 16.5 Å². The summed E-state index contributed by atoms with van der Waals surface area (Å²) < 4.78 is 0.886. The largest absolute Gasteiger partial charge is 0.339 e. The lowest BCUT2D eigenvalue weighted by Crippen LogP contribution is -2.32. The summed E-state index contributed by atoms with van der Waals surface area (Å²) in [6, 6.07) is 14.5. The fourth-order valence-electron chi connectivity index (χ4n) is 3.90. The minimum absolute atomic E-state index is 0.0153. The van der Waals surface area contributed by atoms with E-state index >= 15 is 0 Å². The molecule has 3 amide bonds. The highest BCUT2D eigenvalue weighted by atomic mass is 79.9. The Hall–Kier alpha value is -2.12. The van der Waals surface area contributed by atoms with Gasteiger partial charge in [-0.1, -0.05) is 40.9 Å². The summed E-state index contributed by atoms with van der Waals surface area (Å²) in [6.07, 6.45) is 4.50. The van der Waals surface area contributed by atoms with Gasteiger partial charge in [-0.15, -0.1) is 11.8 Å². The van der Waals surface area contributed by atoms with E-state index in [-0.39, 0.29) is 24.1 Å². The lowest BCUT2D eigenvalue weighted by atomic mass is 10.2. The number of carbonyl (C=O) groups excluding carboxylic acids is 3. The summed E-state index contributed by atoms with van der Waals surface area (Å²) in [4.78, 5) is 42.7. The number of likely N-dealkylation sites (tertiary alicyclic amines) is 1. The Morgan fingerprint density at radius 2 is 1.60 bits per heavy atom.